The van der Waals surface area contributed by atoms with Gasteiger partial charge in [0.25, 0.3) is 0 Å². The summed E-state index contributed by atoms with van der Waals surface area (Å²) in [5, 5.41) is 0. The zero-order chi connectivity index (χ0) is 13.4. The summed E-state index contributed by atoms with van der Waals surface area (Å²) >= 11 is 0. The Bertz CT molecular complexity index is 640. The molecule has 1 unspecified atom stereocenters. The van der Waals surface area contributed by atoms with E-state index in [-0.39, 0.29) is 5.78 Å². The summed E-state index contributed by atoms with van der Waals surface area (Å²) in [6, 6.07) is 15.3. The van der Waals surface area contributed by atoms with Crippen molar-refractivity contribution in [3.8, 4) is 11.1 Å². The van der Waals surface area contributed by atoms with E-state index < -0.39 is 0 Å². The van der Waals surface area contributed by atoms with Gasteiger partial charge in [0.15, 0.2) is 0 Å². The first-order chi connectivity index (χ1) is 9.15. The molecule has 0 fully saturated rings. The number of rotatable bonds is 3. The zero-order valence-electron chi connectivity index (χ0n) is 11.4. The van der Waals surface area contributed by atoms with Gasteiger partial charge in [-0.15, -0.1) is 0 Å². The molecule has 0 radical (unpaired) electrons. The predicted octanol–water partition coefficient (Wildman–Crippen LogP) is 4.34. The van der Waals surface area contributed by atoms with Gasteiger partial charge in [0.1, 0.15) is 5.78 Å². The van der Waals surface area contributed by atoms with Gasteiger partial charge in [-0.05, 0) is 47.1 Å². The highest BCUT2D eigenvalue weighted by molar-refractivity contribution is 5.78. The molecular weight excluding hydrogens is 232 g/mol. The van der Waals surface area contributed by atoms with E-state index in [0.717, 1.165) is 6.42 Å². The summed E-state index contributed by atoms with van der Waals surface area (Å²) in [5.74, 6) is 0.572. The Morgan fingerprint density at radius 2 is 1.84 bits per heavy atom. The first kappa shape index (κ1) is 12.2. The van der Waals surface area contributed by atoms with Crippen LogP contribution in [0.25, 0.3) is 11.1 Å². The summed E-state index contributed by atoms with van der Waals surface area (Å²) < 4.78 is 0. The molecule has 0 N–H and O–H groups in total. The monoisotopic (exact) mass is 250 g/mol. The van der Waals surface area contributed by atoms with E-state index in [4.69, 9.17) is 0 Å². The summed E-state index contributed by atoms with van der Waals surface area (Å²) in [6.07, 6.45) is 1.65. The van der Waals surface area contributed by atoms with Gasteiger partial charge in [-0.3, -0.25) is 0 Å². The standard InChI is InChI=1S/C18H18O/c1-12(9-13(2)19)14-7-8-18-16(10-14)11-15-5-3-4-6-17(15)18/h3-8,10,12H,9,11H2,1-2H3. The Morgan fingerprint density at radius 1 is 1.11 bits per heavy atom. The van der Waals surface area contributed by atoms with Gasteiger partial charge in [-0.2, -0.15) is 0 Å². The summed E-state index contributed by atoms with van der Waals surface area (Å²) in [4.78, 5) is 11.2. The fourth-order valence-corrected chi connectivity index (χ4v) is 3.02. The smallest absolute Gasteiger partial charge is 0.130 e. The molecule has 1 aliphatic carbocycles. The van der Waals surface area contributed by atoms with Gasteiger partial charge in [-0.25, -0.2) is 0 Å². The Labute approximate surface area is 114 Å². The number of ketones is 1. The number of Topliss-reactive ketones (excluding diaryl/α,β-unsaturated/α-hetero) is 1. The maximum atomic E-state index is 11.2. The van der Waals surface area contributed by atoms with E-state index in [0.29, 0.717) is 12.3 Å². The first-order valence-corrected chi connectivity index (χ1v) is 6.85. The van der Waals surface area contributed by atoms with Gasteiger partial charge < -0.3 is 4.79 Å². The Morgan fingerprint density at radius 3 is 2.63 bits per heavy atom. The summed E-state index contributed by atoms with van der Waals surface area (Å²) in [5.41, 5.74) is 6.81. The SMILES string of the molecule is CC(=O)CC(C)c1ccc2c(c1)Cc1ccccc1-2. The van der Waals surface area contributed by atoms with E-state index in [9.17, 15) is 4.79 Å². The lowest BCUT2D eigenvalue weighted by atomic mass is 9.93. The maximum Gasteiger partial charge on any atom is 0.130 e. The molecule has 19 heavy (non-hydrogen) atoms. The molecule has 3 rings (SSSR count). The molecule has 1 aliphatic rings. The molecule has 0 saturated carbocycles. The summed E-state index contributed by atoms with van der Waals surface area (Å²) in [7, 11) is 0. The third kappa shape index (κ3) is 2.21. The quantitative estimate of drug-likeness (QED) is 0.675. The highest BCUT2D eigenvalue weighted by atomic mass is 16.1. The van der Waals surface area contributed by atoms with Crippen LogP contribution in [-0.4, -0.2) is 5.78 Å². The van der Waals surface area contributed by atoms with Gasteiger partial charge in [-0.1, -0.05) is 49.4 Å². The lowest BCUT2D eigenvalue weighted by Crippen LogP contribution is -2.00. The van der Waals surface area contributed by atoms with Crippen LogP contribution in [0.3, 0.4) is 0 Å². The van der Waals surface area contributed by atoms with Crippen molar-refractivity contribution in [1.29, 1.82) is 0 Å². The molecule has 2 aromatic rings. The Hall–Kier alpha value is -1.89. The highest BCUT2D eigenvalue weighted by Crippen LogP contribution is 2.37. The van der Waals surface area contributed by atoms with Crippen LogP contribution in [0.15, 0.2) is 42.5 Å². The van der Waals surface area contributed by atoms with Gasteiger partial charge in [0.05, 0.1) is 0 Å². The van der Waals surface area contributed by atoms with Crippen LogP contribution >= 0.6 is 0 Å². The molecule has 0 aromatic heterocycles. The third-order valence-corrected chi connectivity index (χ3v) is 3.98. The van der Waals surface area contributed by atoms with Crippen molar-refractivity contribution in [2.24, 2.45) is 0 Å². The van der Waals surface area contributed by atoms with Crippen molar-refractivity contribution in [1.82, 2.24) is 0 Å². The van der Waals surface area contributed by atoms with E-state index in [1.165, 1.54) is 27.8 Å². The molecule has 0 spiro atoms. The fraction of sp³-hybridized carbons (Fsp3) is 0.278. The second-order valence-corrected chi connectivity index (χ2v) is 5.56. The van der Waals surface area contributed by atoms with Crippen LogP contribution in [0.1, 0.15) is 42.9 Å². The molecule has 1 heteroatoms. The van der Waals surface area contributed by atoms with E-state index in [1.807, 2.05) is 0 Å². The van der Waals surface area contributed by atoms with Crippen molar-refractivity contribution in [3.63, 3.8) is 0 Å². The molecule has 1 atom stereocenters. The van der Waals surface area contributed by atoms with Crippen molar-refractivity contribution < 1.29 is 4.79 Å². The Kier molecular flexibility index (Phi) is 2.98. The van der Waals surface area contributed by atoms with Gasteiger partial charge in [0, 0.05) is 6.42 Å². The maximum absolute atomic E-state index is 11.2. The lowest BCUT2D eigenvalue weighted by molar-refractivity contribution is -0.117. The summed E-state index contributed by atoms with van der Waals surface area (Å²) in [6.45, 7) is 3.80. The molecule has 0 heterocycles. The van der Waals surface area contributed by atoms with Gasteiger partial charge in [0.2, 0.25) is 0 Å². The average Bonchev–Trinajstić information content (AvgIpc) is 2.75. The number of carbonyl (C=O) groups excluding carboxylic acids is 1. The van der Waals surface area contributed by atoms with Crippen molar-refractivity contribution in [2.45, 2.75) is 32.6 Å². The average molecular weight is 250 g/mol. The minimum absolute atomic E-state index is 0.260. The molecule has 0 aliphatic heterocycles. The van der Waals surface area contributed by atoms with E-state index in [2.05, 4.69) is 49.4 Å². The molecule has 0 amide bonds. The van der Waals surface area contributed by atoms with Crippen molar-refractivity contribution in [3.05, 3.63) is 59.2 Å². The third-order valence-electron chi connectivity index (χ3n) is 3.98. The van der Waals surface area contributed by atoms with E-state index >= 15 is 0 Å². The topological polar surface area (TPSA) is 17.1 Å². The number of benzene rings is 2. The fourth-order valence-electron chi connectivity index (χ4n) is 3.02. The number of fused-ring (bicyclic) bond motifs is 3. The van der Waals surface area contributed by atoms with Crippen molar-refractivity contribution in [2.75, 3.05) is 0 Å². The minimum Gasteiger partial charge on any atom is -0.300 e. The van der Waals surface area contributed by atoms with E-state index in [1.54, 1.807) is 6.92 Å². The van der Waals surface area contributed by atoms with Crippen LogP contribution in [0, 0.1) is 0 Å². The Balaban J connectivity index is 1.95. The molecule has 0 bridgehead atoms. The normalized spacial score (nSPS) is 13.8. The first-order valence-electron chi connectivity index (χ1n) is 6.85. The molecule has 96 valence electrons. The van der Waals surface area contributed by atoms with Crippen LogP contribution in [0.4, 0.5) is 0 Å². The van der Waals surface area contributed by atoms with Crippen LogP contribution in [0.2, 0.25) is 0 Å². The lowest BCUT2D eigenvalue weighted by Gasteiger charge is -2.11. The number of hydrogen-bond acceptors (Lipinski definition) is 1. The zero-order valence-corrected chi connectivity index (χ0v) is 11.4. The largest absolute Gasteiger partial charge is 0.300 e. The molecule has 1 nitrogen and oxygen atoms in total. The highest BCUT2D eigenvalue weighted by Gasteiger charge is 2.19. The molecule has 0 saturated heterocycles. The van der Waals surface area contributed by atoms with Crippen molar-refractivity contribution >= 4 is 5.78 Å². The van der Waals surface area contributed by atoms with Crippen LogP contribution < -0.4 is 0 Å². The molecular formula is C18H18O. The predicted molar refractivity (Wildman–Crippen MR) is 78.4 cm³/mol. The number of carbonyl (C=O) groups is 1. The van der Waals surface area contributed by atoms with Crippen LogP contribution in [0.5, 0.6) is 0 Å². The number of hydrogen-bond donors (Lipinski definition) is 0. The second-order valence-electron chi connectivity index (χ2n) is 5.56. The van der Waals surface area contributed by atoms with Gasteiger partial charge >= 0.3 is 0 Å². The van der Waals surface area contributed by atoms with Crippen LogP contribution in [-0.2, 0) is 11.2 Å². The second kappa shape index (κ2) is 4.65. The molecule has 2 aromatic carbocycles. The minimum atomic E-state index is 0.260.